The van der Waals surface area contributed by atoms with Crippen molar-refractivity contribution in [2.45, 2.75) is 5.92 Å². The molecule has 14 heavy (non-hydrogen) atoms. The molecule has 0 aliphatic heterocycles. The second-order valence-corrected chi connectivity index (χ2v) is 3.31. The van der Waals surface area contributed by atoms with Crippen molar-refractivity contribution in [3.8, 4) is 0 Å². The van der Waals surface area contributed by atoms with E-state index in [-0.39, 0.29) is 4.60 Å². The molecule has 0 unspecified atom stereocenters. The maximum Gasteiger partial charge on any atom is 0.366 e. The standard InChI is InChI=1S/C8H7BrF2N2O/c1-12-7(14)8(10,11)5-3-2-4-6(9)13-5/h2-4H,1H3,(H,12,14). The van der Waals surface area contributed by atoms with Crippen molar-refractivity contribution in [3.05, 3.63) is 28.5 Å². The number of carbonyl (C=O) groups excluding carboxylic acids is 1. The van der Waals surface area contributed by atoms with Crippen molar-refractivity contribution in [2.75, 3.05) is 7.05 Å². The second-order valence-electron chi connectivity index (χ2n) is 2.50. The van der Waals surface area contributed by atoms with Gasteiger partial charge in [0.15, 0.2) is 0 Å². The van der Waals surface area contributed by atoms with Gasteiger partial charge in [0.25, 0.3) is 5.91 Å². The van der Waals surface area contributed by atoms with Crippen LogP contribution in [0.1, 0.15) is 5.69 Å². The highest BCUT2D eigenvalue weighted by Gasteiger charge is 2.41. The molecular weight excluding hydrogens is 258 g/mol. The molecule has 0 saturated heterocycles. The molecule has 0 atom stereocenters. The Morgan fingerprint density at radius 3 is 2.71 bits per heavy atom. The summed E-state index contributed by atoms with van der Waals surface area (Å²) < 4.78 is 26.7. The Morgan fingerprint density at radius 2 is 2.21 bits per heavy atom. The van der Waals surface area contributed by atoms with Crippen LogP contribution in [-0.2, 0) is 10.7 Å². The first-order valence-corrected chi connectivity index (χ1v) is 4.51. The van der Waals surface area contributed by atoms with Crippen LogP contribution in [-0.4, -0.2) is 17.9 Å². The van der Waals surface area contributed by atoms with Crippen LogP contribution >= 0.6 is 15.9 Å². The third-order valence-electron chi connectivity index (χ3n) is 1.55. The van der Waals surface area contributed by atoms with Gasteiger partial charge in [0.1, 0.15) is 10.3 Å². The predicted molar refractivity (Wildman–Crippen MR) is 49.9 cm³/mol. The minimum atomic E-state index is -3.60. The zero-order valence-corrected chi connectivity index (χ0v) is 8.81. The summed E-state index contributed by atoms with van der Waals surface area (Å²) in [4.78, 5) is 14.3. The summed E-state index contributed by atoms with van der Waals surface area (Å²) >= 11 is 2.95. The summed E-state index contributed by atoms with van der Waals surface area (Å²) in [6.07, 6.45) is 0. The third-order valence-corrected chi connectivity index (χ3v) is 1.99. The molecule has 0 bridgehead atoms. The summed E-state index contributed by atoms with van der Waals surface area (Å²) in [7, 11) is 1.15. The Hall–Kier alpha value is -1.04. The van der Waals surface area contributed by atoms with E-state index >= 15 is 0 Å². The topological polar surface area (TPSA) is 42.0 Å². The molecule has 1 aromatic heterocycles. The number of likely N-dealkylation sites (N-methyl/N-ethyl adjacent to an activating group) is 1. The van der Waals surface area contributed by atoms with E-state index in [2.05, 4.69) is 20.9 Å². The Balaban J connectivity index is 3.09. The van der Waals surface area contributed by atoms with E-state index in [9.17, 15) is 13.6 Å². The molecule has 1 heterocycles. The molecule has 6 heteroatoms. The van der Waals surface area contributed by atoms with Crippen molar-refractivity contribution in [1.29, 1.82) is 0 Å². The normalized spacial score (nSPS) is 11.1. The lowest BCUT2D eigenvalue weighted by molar-refractivity contribution is -0.146. The number of aromatic nitrogens is 1. The van der Waals surface area contributed by atoms with Gasteiger partial charge in [-0.15, -0.1) is 0 Å². The monoisotopic (exact) mass is 264 g/mol. The molecule has 0 fully saturated rings. The molecule has 3 nitrogen and oxygen atoms in total. The van der Waals surface area contributed by atoms with Crippen LogP contribution in [0.2, 0.25) is 0 Å². The first-order chi connectivity index (χ1) is 6.48. The highest BCUT2D eigenvalue weighted by atomic mass is 79.9. The van der Waals surface area contributed by atoms with Crippen molar-refractivity contribution < 1.29 is 13.6 Å². The molecular formula is C8H7BrF2N2O. The lowest BCUT2D eigenvalue weighted by Crippen LogP contribution is -2.36. The summed E-state index contributed by atoms with van der Waals surface area (Å²) in [5.74, 6) is -4.97. The second kappa shape index (κ2) is 4.00. The number of rotatable bonds is 2. The Labute approximate surface area is 87.7 Å². The van der Waals surface area contributed by atoms with Gasteiger partial charge in [0, 0.05) is 7.05 Å². The first-order valence-electron chi connectivity index (χ1n) is 3.71. The van der Waals surface area contributed by atoms with Crippen LogP contribution in [0.25, 0.3) is 0 Å². The Bertz CT molecular complexity index is 357. The number of hydrogen-bond acceptors (Lipinski definition) is 2. The van der Waals surface area contributed by atoms with Crippen LogP contribution in [0.3, 0.4) is 0 Å². The average molecular weight is 265 g/mol. The smallest absolute Gasteiger partial charge is 0.354 e. The van der Waals surface area contributed by atoms with Gasteiger partial charge in [0.05, 0.1) is 0 Å². The largest absolute Gasteiger partial charge is 0.366 e. The number of pyridine rings is 1. The maximum absolute atomic E-state index is 13.2. The Morgan fingerprint density at radius 1 is 1.57 bits per heavy atom. The summed E-state index contributed by atoms with van der Waals surface area (Å²) in [5, 5.41) is 1.88. The number of hydrogen-bond donors (Lipinski definition) is 1. The number of nitrogens with zero attached hydrogens (tertiary/aromatic N) is 1. The van der Waals surface area contributed by atoms with Crippen LogP contribution < -0.4 is 5.32 Å². The van der Waals surface area contributed by atoms with Crippen molar-refractivity contribution >= 4 is 21.8 Å². The maximum atomic E-state index is 13.2. The SMILES string of the molecule is CNC(=O)C(F)(F)c1cccc(Br)n1. The lowest BCUT2D eigenvalue weighted by atomic mass is 10.2. The average Bonchev–Trinajstić information content (AvgIpc) is 2.16. The van der Waals surface area contributed by atoms with Crippen molar-refractivity contribution in [3.63, 3.8) is 0 Å². The fourth-order valence-electron chi connectivity index (χ4n) is 0.856. The number of amides is 1. The van der Waals surface area contributed by atoms with Crippen LogP contribution in [0.4, 0.5) is 8.78 Å². The molecule has 76 valence electrons. The van der Waals surface area contributed by atoms with Gasteiger partial charge in [-0.1, -0.05) is 6.07 Å². The van der Waals surface area contributed by atoms with E-state index in [1.165, 1.54) is 12.1 Å². The van der Waals surface area contributed by atoms with E-state index in [0.29, 0.717) is 0 Å². The summed E-state index contributed by atoms with van der Waals surface area (Å²) in [6, 6.07) is 3.99. The van der Waals surface area contributed by atoms with Crippen LogP contribution in [0.5, 0.6) is 0 Å². The van der Waals surface area contributed by atoms with E-state index in [4.69, 9.17) is 0 Å². The number of halogens is 3. The highest BCUT2D eigenvalue weighted by Crippen LogP contribution is 2.27. The summed E-state index contributed by atoms with van der Waals surface area (Å²) in [5.41, 5.74) is -0.578. The van der Waals surface area contributed by atoms with Gasteiger partial charge >= 0.3 is 5.92 Å². The van der Waals surface area contributed by atoms with E-state index in [0.717, 1.165) is 13.1 Å². The van der Waals surface area contributed by atoms with Gasteiger partial charge in [-0.05, 0) is 28.1 Å². The molecule has 0 spiro atoms. The molecule has 1 N–H and O–H groups in total. The molecule has 1 amide bonds. The molecule has 0 aliphatic rings. The molecule has 0 aromatic carbocycles. The molecule has 1 aromatic rings. The predicted octanol–water partition coefficient (Wildman–Crippen LogP) is 1.68. The van der Waals surface area contributed by atoms with E-state index < -0.39 is 17.5 Å². The molecule has 0 saturated carbocycles. The highest BCUT2D eigenvalue weighted by molar-refractivity contribution is 9.10. The fourth-order valence-corrected chi connectivity index (χ4v) is 1.20. The van der Waals surface area contributed by atoms with Gasteiger partial charge in [-0.25, -0.2) is 4.98 Å². The first kappa shape index (κ1) is 11.0. The van der Waals surface area contributed by atoms with Crippen LogP contribution in [0, 0.1) is 0 Å². The third kappa shape index (κ3) is 2.06. The van der Waals surface area contributed by atoms with Crippen LogP contribution in [0.15, 0.2) is 22.8 Å². The zero-order valence-electron chi connectivity index (χ0n) is 7.22. The lowest BCUT2D eigenvalue weighted by Gasteiger charge is -2.13. The van der Waals surface area contributed by atoms with Crippen molar-refractivity contribution in [2.24, 2.45) is 0 Å². The van der Waals surface area contributed by atoms with Gasteiger partial charge in [0.2, 0.25) is 0 Å². The number of nitrogens with one attached hydrogen (secondary N) is 1. The van der Waals surface area contributed by atoms with Gasteiger partial charge < -0.3 is 5.32 Å². The van der Waals surface area contributed by atoms with E-state index in [1.54, 1.807) is 0 Å². The van der Waals surface area contributed by atoms with Gasteiger partial charge in [-0.3, -0.25) is 4.79 Å². The molecule has 0 radical (unpaired) electrons. The molecule has 1 rings (SSSR count). The zero-order chi connectivity index (χ0) is 10.8. The fraction of sp³-hybridized carbons (Fsp3) is 0.250. The summed E-state index contributed by atoms with van der Waals surface area (Å²) in [6.45, 7) is 0. The number of carbonyl (C=O) groups is 1. The minimum absolute atomic E-state index is 0.263. The number of alkyl halides is 2. The van der Waals surface area contributed by atoms with Crippen molar-refractivity contribution in [1.82, 2.24) is 10.3 Å². The van der Waals surface area contributed by atoms with E-state index in [1.807, 2.05) is 5.32 Å². The van der Waals surface area contributed by atoms with Gasteiger partial charge in [-0.2, -0.15) is 8.78 Å². The molecule has 0 aliphatic carbocycles. The quantitative estimate of drug-likeness (QED) is 0.826. The Kier molecular flexibility index (Phi) is 3.15. The minimum Gasteiger partial charge on any atom is -0.354 e.